The van der Waals surface area contributed by atoms with E-state index in [-0.39, 0.29) is 17.9 Å². The molecule has 1 amide bonds. The molecular formula is C21H24ClN3O. The van der Waals surface area contributed by atoms with Crippen molar-refractivity contribution in [1.82, 2.24) is 5.32 Å². The van der Waals surface area contributed by atoms with E-state index in [9.17, 15) is 10.1 Å². The molecule has 4 nitrogen and oxygen atoms in total. The maximum Gasteiger partial charge on any atom is 0.239 e. The number of hydrogen-bond acceptors (Lipinski definition) is 3. The summed E-state index contributed by atoms with van der Waals surface area (Å²) >= 11 is 5.98. The average molecular weight is 370 g/mol. The maximum absolute atomic E-state index is 12.3. The van der Waals surface area contributed by atoms with E-state index >= 15 is 0 Å². The number of nitrogens with one attached hydrogen (secondary N) is 1. The fraction of sp³-hybridized carbons (Fsp3) is 0.333. The van der Waals surface area contributed by atoms with Crippen molar-refractivity contribution in [3.05, 3.63) is 70.2 Å². The Labute approximate surface area is 160 Å². The summed E-state index contributed by atoms with van der Waals surface area (Å²) in [5.41, 5.74) is 7.67. The minimum Gasteiger partial charge on any atom is -0.351 e. The van der Waals surface area contributed by atoms with Crippen LogP contribution in [0.4, 0.5) is 0 Å². The number of carbonyl (C=O) groups excluding carboxylic acids is 1. The van der Waals surface area contributed by atoms with Gasteiger partial charge < -0.3 is 11.1 Å². The van der Waals surface area contributed by atoms with Gasteiger partial charge in [0.25, 0.3) is 0 Å². The number of amides is 1. The lowest BCUT2D eigenvalue weighted by molar-refractivity contribution is -0.126. The molecule has 136 valence electrons. The fourth-order valence-electron chi connectivity index (χ4n) is 2.79. The fourth-order valence-corrected chi connectivity index (χ4v) is 2.92. The number of halogens is 1. The second kappa shape index (κ2) is 8.35. The van der Waals surface area contributed by atoms with Gasteiger partial charge in [-0.3, -0.25) is 4.79 Å². The van der Waals surface area contributed by atoms with Gasteiger partial charge in [0.2, 0.25) is 5.91 Å². The Balaban J connectivity index is 2.32. The molecule has 26 heavy (non-hydrogen) atoms. The summed E-state index contributed by atoms with van der Waals surface area (Å²) in [7, 11) is 0. The Morgan fingerprint density at radius 2 is 1.92 bits per heavy atom. The highest BCUT2D eigenvalue weighted by Gasteiger charge is 2.27. The monoisotopic (exact) mass is 369 g/mol. The van der Waals surface area contributed by atoms with Crippen molar-refractivity contribution in [2.24, 2.45) is 5.73 Å². The third kappa shape index (κ3) is 5.32. The summed E-state index contributed by atoms with van der Waals surface area (Å²) in [6.07, 6.45) is 0.707. The van der Waals surface area contributed by atoms with E-state index in [0.29, 0.717) is 17.0 Å². The molecule has 2 aromatic rings. The molecule has 0 radical (unpaired) electrons. The van der Waals surface area contributed by atoms with Gasteiger partial charge in [-0.1, -0.05) is 35.9 Å². The first-order valence-corrected chi connectivity index (χ1v) is 8.93. The number of carbonyl (C=O) groups is 1. The van der Waals surface area contributed by atoms with Gasteiger partial charge in [-0.25, -0.2) is 0 Å². The third-order valence-electron chi connectivity index (χ3n) is 4.36. The molecule has 0 aliphatic heterocycles. The van der Waals surface area contributed by atoms with E-state index in [1.54, 1.807) is 19.9 Å². The number of rotatable bonds is 6. The molecule has 2 atom stereocenters. The Kier molecular flexibility index (Phi) is 6.42. The first-order chi connectivity index (χ1) is 12.2. The van der Waals surface area contributed by atoms with Crippen molar-refractivity contribution < 1.29 is 4.79 Å². The average Bonchev–Trinajstić information content (AvgIpc) is 2.60. The molecule has 2 aromatic carbocycles. The minimum absolute atomic E-state index is 0.00391. The molecule has 0 aliphatic rings. The van der Waals surface area contributed by atoms with Crippen LogP contribution in [0.5, 0.6) is 0 Å². The topological polar surface area (TPSA) is 78.9 Å². The summed E-state index contributed by atoms with van der Waals surface area (Å²) in [4.78, 5) is 12.3. The molecule has 2 unspecified atom stereocenters. The summed E-state index contributed by atoms with van der Waals surface area (Å²) < 4.78 is 0. The molecule has 0 aliphatic carbocycles. The van der Waals surface area contributed by atoms with Crippen LogP contribution in [-0.4, -0.2) is 17.5 Å². The Hall–Kier alpha value is -2.35. The SMILES string of the molecule is CC(NC(=O)C(C)(C)N)C(Cc1ccc(Cl)cc1)c1cccc(C#N)c1. The van der Waals surface area contributed by atoms with E-state index < -0.39 is 5.54 Å². The predicted octanol–water partition coefficient (Wildman–Crippen LogP) is 3.78. The highest BCUT2D eigenvalue weighted by atomic mass is 35.5. The van der Waals surface area contributed by atoms with E-state index in [0.717, 1.165) is 11.1 Å². The molecule has 0 aromatic heterocycles. The maximum atomic E-state index is 12.3. The minimum atomic E-state index is -0.951. The number of hydrogen-bond donors (Lipinski definition) is 2. The number of nitriles is 1. The molecule has 5 heteroatoms. The van der Waals surface area contributed by atoms with Crippen LogP contribution >= 0.6 is 11.6 Å². The Bertz CT molecular complexity index is 803. The summed E-state index contributed by atoms with van der Waals surface area (Å²) in [5.74, 6) is -0.210. The summed E-state index contributed by atoms with van der Waals surface area (Å²) in [5, 5.41) is 12.9. The van der Waals surface area contributed by atoms with E-state index in [1.807, 2.05) is 49.4 Å². The standard InChI is InChI=1S/C21H24ClN3O/c1-14(25-20(26)21(2,3)24)19(12-15-7-9-18(22)10-8-15)17-6-4-5-16(11-17)13-23/h4-11,14,19H,12,24H2,1-3H3,(H,25,26). The highest BCUT2D eigenvalue weighted by Crippen LogP contribution is 2.26. The largest absolute Gasteiger partial charge is 0.351 e. The normalized spacial score (nSPS) is 13.5. The van der Waals surface area contributed by atoms with E-state index in [1.165, 1.54) is 0 Å². The molecule has 0 fully saturated rings. The molecule has 0 spiro atoms. The highest BCUT2D eigenvalue weighted by molar-refractivity contribution is 6.30. The van der Waals surface area contributed by atoms with Crippen LogP contribution in [0.2, 0.25) is 5.02 Å². The number of nitrogens with zero attached hydrogens (tertiary/aromatic N) is 1. The molecule has 0 heterocycles. The summed E-state index contributed by atoms with van der Waals surface area (Å²) in [6.45, 7) is 5.32. The van der Waals surface area contributed by atoms with Crippen molar-refractivity contribution in [2.45, 2.75) is 44.7 Å². The van der Waals surface area contributed by atoms with E-state index in [2.05, 4.69) is 11.4 Å². The first-order valence-electron chi connectivity index (χ1n) is 8.55. The van der Waals surface area contributed by atoms with Gasteiger partial charge in [-0.2, -0.15) is 5.26 Å². The van der Waals surface area contributed by atoms with Crippen LogP contribution in [0.25, 0.3) is 0 Å². The van der Waals surface area contributed by atoms with Crippen LogP contribution < -0.4 is 11.1 Å². The predicted molar refractivity (Wildman–Crippen MR) is 105 cm³/mol. The second-order valence-corrected chi connectivity index (χ2v) is 7.59. The molecule has 0 saturated heterocycles. The molecule has 2 rings (SSSR count). The van der Waals surface area contributed by atoms with Crippen LogP contribution in [0.1, 0.15) is 43.4 Å². The summed E-state index contributed by atoms with van der Waals surface area (Å²) in [6, 6.07) is 17.2. The zero-order valence-electron chi connectivity index (χ0n) is 15.3. The van der Waals surface area contributed by atoms with Crippen LogP contribution in [0.15, 0.2) is 48.5 Å². The van der Waals surface area contributed by atoms with Gasteiger partial charge in [-0.05, 0) is 62.6 Å². The van der Waals surface area contributed by atoms with E-state index in [4.69, 9.17) is 17.3 Å². The van der Waals surface area contributed by atoms with Gasteiger partial charge in [0, 0.05) is 17.0 Å². The zero-order valence-corrected chi connectivity index (χ0v) is 16.0. The van der Waals surface area contributed by atoms with Gasteiger partial charge >= 0.3 is 0 Å². The van der Waals surface area contributed by atoms with Crippen LogP contribution in [0.3, 0.4) is 0 Å². The Morgan fingerprint density at radius 1 is 1.27 bits per heavy atom. The third-order valence-corrected chi connectivity index (χ3v) is 4.61. The van der Waals surface area contributed by atoms with Crippen molar-refractivity contribution >= 4 is 17.5 Å². The molecular weight excluding hydrogens is 346 g/mol. The van der Waals surface area contributed by atoms with Gasteiger partial charge in [0.15, 0.2) is 0 Å². The van der Waals surface area contributed by atoms with Crippen molar-refractivity contribution in [3.63, 3.8) is 0 Å². The van der Waals surface area contributed by atoms with Crippen LogP contribution in [-0.2, 0) is 11.2 Å². The first kappa shape index (κ1) is 20.0. The van der Waals surface area contributed by atoms with Gasteiger partial charge in [0.05, 0.1) is 17.2 Å². The molecule has 0 saturated carbocycles. The Morgan fingerprint density at radius 3 is 2.50 bits per heavy atom. The van der Waals surface area contributed by atoms with Gasteiger partial charge in [-0.15, -0.1) is 0 Å². The number of benzene rings is 2. The van der Waals surface area contributed by atoms with Gasteiger partial charge in [0.1, 0.15) is 0 Å². The number of nitrogens with two attached hydrogens (primary N) is 1. The lowest BCUT2D eigenvalue weighted by Crippen LogP contribution is -2.52. The van der Waals surface area contributed by atoms with Crippen molar-refractivity contribution in [2.75, 3.05) is 0 Å². The molecule has 0 bridgehead atoms. The quantitative estimate of drug-likeness (QED) is 0.813. The lowest BCUT2D eigenvalue weighted by atomic mass is 9.85. The van der Waals surface area contributed by atoms with Crippen LogP contribution in [0, 0.1) is 11.3 Å². The zero-order chi connectivity index (χ0) is 19.3. The molecule has 3 N–H and O–H groups in total. The lowest BCUT2D eigenvalue weighted by Gasteiger charge is -2.29. The van der Waals surface area contributed by atoms with Crippen molar-refractivity contribution in [1.29, 1.82) is 5.26 Å². The van der Waals surface area contributed by atoms with Crippen molar-refractivity contribution in [3.8, 4) is 6.07 Å². The second-order valence-electron chi connectivity index (χ2n) is 7.16. The smallest absolute Gasteiger partial charge is 0.239 e.